The van der Waals surface area contributed by atoms with E-state index in [4.69, 9.17) is 4.74 Å². The van der Waals surface area contributed by atoms with Gasteiger partial charge in [-0.2, -0.15) is 0 Å². The van der Waals surface area contributed by atoms with E-state index in [-0.39, 0.29) is 25.0 Å². The first-order valence-electron chi connectivity index (χ1n) is 8.93. The van der Waals surface area contributed by atoms with Crippen LogP contribution in [0.2, 0.25) is 0 Å². The highest BCUT2D eigenvalue weighted by atomic mass is 16.5. The van der Waals surface area contributed by atoms with Crippen molar-refractivity contribution in [3.8, 4) is 5.75 Å². The van der Waals surface area contributed by atoms with Crippen molar-refractivity contribution < 1.29 is 14.3 Å². The molecule has 0 atom stereocenters. The molecule has 28 heavy (non-hydrogen) atoms. The van der Waals surface area contributed by atoms with Crippen LogP contribution in [0.4, 0.5) is 22.7 Å². The molecule has 0 aliphatic carbocycles. The first-order chi connectivity index (χ1) is 13.7. The minimum atomic E-state index is -0.270. The van der Waals surface area contributed by atoms with Crippen LogP contribution in [-0.2, 0) is 9.59 Å². The molecule has 3 aromatic carbocycles. The van der Waals surface area contributed by atoms with Crippen molar-refractivity contribution in [2.24, 2.45) is 0 Å². The summed E-state index contributed by atoms with van der Waals surface area (Å²) in [7, 11) is 0. The zero-order chi connectivity index (χ0) is 19.3. The molecule has 0 radical (unpaired) electrons. The summed E-state index contributed by atoms with van der Waals surface area (Å²) in [5, 5.41) is 6.12. The summed E-state index contributed by atoms with van der Waals surface area (Å²) >= 11 is 0. The second-order valence-corrected chi connectivity index (χ2v) is 6.35. The van der Waals surface area contributed by atoms with Crippen molar-refractivity contribution in [1.29, 1.82) is 0 Å². The van der Waals surface area contributed by atoms with Crippen molar-refractivity contribution in [3.05, 3.63) is 78.9 Å². The number of benzene rings is 3. The van der Waals surface area contributed by atoms with Gasteiger partial charge in [0.1, 0.15) is 12.3 Å². The van der Waals surface area contributed by atoms with Crippen molar-refractivity contribution >= 4 is 34.6 Å². The van der Waals surface area contributed by atoms with E-state index in [9.17, 15) is 9.59 Å². The maximum Gasteiger partial charge on any atom is 0.265 e. The van der Waals surface area contributed by atoms with Gasteiger partial charge in [0.2, 0.25) is 5.91 Å². The van der Waals surface area contributed by atoms with E-state index >= 15 is 0 Å². The van der Waals surface area contributed by atoms with Gasteiger partial charge in [-0.3, -0.25) is 14.5 Å². The number of carbonyl (C=O) groups is 2. The molecule has 0 unspecified atom stereocenters. The van der Waals surface area contributed by atoms with Crippen LogP contribution in [0.3, 0.4) is 0 Å². The Kier molecular flexibility index (Phi) is 4.93. The maximum atomic E-state index is 12.5. The van der Waals surface area contributed by atoms with E-state index < -0.39 is 0 Å². The normalized spacial score (nSPS) is 12.7. The highest BCUT2D eigenvalue weighted by molar-refractivity contribution is 6.05. The van der Waals surface area contributed by atoms with E-state index in [2.05, 4.69) is 10.6 Å². The molecule has 1 aliphatic heterocycles. The molecule has 0 fully saturated rings. The van der Waals surface area contributed by atoms with Gasteiger partial charge in [0.25, 0.3) is 5.91 Å². The van der Waals surface area contributed by atoms with Gasteiger partial charge in [0.15, 0.2) is 6.61 Å². The van der Waals surface area contributed by atoms with Crippen molar-refractivity contribution in [2.45, 2.75) is 0 Å². The monoisotopic (exact) mass is 373 g/mol. The molecular weight excluding hydrogens is 354 g/mol. The molecule has 3 aromatic rings. The molecule has 0 bridgehead atoms. The molecule has 4 rings (SSSR count). The summed E-state index contributed by atoms with van der Waals surface area (Å²) in [4.78, 5) is 26.1. The summed E-state index contributed by atoms with van der Waals surface area (Å²) in [6.07, 6.45) is 0. The number of fused-ring (bicyclic) bond motifs is 1. The van der Waals surface area contributed by atoms with Gasteiger partial charge in [0.05, 0.1) is 5.69 Å². The van der Waals surface area contributed by atoms with Gasteiger partial charge in [-0.05, 0) is 48.5 Å². The van der Waals surface area contributed by atoms with Crippen LogP contribution in [0.15, 0.2) is 78.9 Å². The molecule has 0 saturated carbocycles. The topological polar surface area (TPSA) is 70.7 Å². The van der Waals surface area contributed by atoms with E-state index in [1.54, 1.807) is 12.1 Å². The van der Waals surface area contributed by atoms with Crippen LogP contribution >= 0.6 is 0 Å². The summed E-state index contributed by atoms with van der Waals surface area (Å²) in [5.41, 5.74) is 3.18. The predicted molar refractivity (Wildman–Crippen MR) is 109 cm³/mol. The smallest absolute Gasteiger partial charge is 0.265 e. The molecule has 0 aromatic heterocycles. The van der Waals surface area contributed by atoms with Gasteiger partial charge >= 0.3 is 0 Å². The van der Waals surface area contributed by atoms with Crippen molar-refractivity contribution in [3.63, 3.8) is 0 Å². The van der Waals surface area contributed by atoms with Crippen LogP contribution in [0.1, 0.15) is 0 Å². The number of hydrogen-bond donors (Lipinski definition) is 2. The highest BCUT2D eigenvalue weighted by Gasteiger charge is 2.26. The molecule has 6 heteroatoms. The number of ether oxygens (including phenoxy) is 1. The minimum Gasteiger partial charge on any atom is -0.482 e. The van der Waals surface area contributed by atoms with Crippen LogP contribution < -0.4 is 20.3 Å². The average molecular weight is 373 g/mol. The third-order valence-electron chi connectivity index (χ3n) is 4.34. The third kappa shape index (κ3) is 3.96. The molecular formula is C22H19N3O3. The molecule has 1 heterocycles. The van der Waals surface area contributed by atoms with Crippen molar-refractivity contribution in [2.75, 3.05) is 28.7 Å². The van der Waals surface area contributed by atoms with Gasteiger partial charge in [-0.25, -0.2) is 0 Å². The Bertz CT molecular complexity index is 987. The van der Waals surface area contributed by atoms with Gasteiger partial charge in [-0.15, -0.1) is 0 Å². The van der Waals surface area contributed by atoms with E-state index in [0.29, 0.717) is 17.1 Å². The second kappa shape index (κ2) is 7.84. The second-order valence-electron chi connectivity index (χ2n) is 6.35. The fraction of sp³-hybridized carbons (Fsp3) is 0.0909. The lowest BCUT2D eigenvalue weighted by Gasteiger charge is -2.28. The van der Waals surface area contributed by atoms with Crippen LogP contribution in [-0.4, -0.2) is 25.0 Å². The molecule has 2 N–H and O–H groups in total. The van der Waals surface area contributed by atoms with Gasteiger partial charge in [-0.1, -0.05) is 30.3 Å². The fourth-order valence-electron chi connectivity index (χ4n) is 3.00. The van der Waals surface area contributed by atoms with Crippen LogP contribution in [0, 0.1) is 0 Å². The third-order valence-corrected chi connectivity index (χ3v) is 4.34. The number of nitrogens with zero attached hydrogens (tertiary/aromatic N) is 1. The standard InChI is InChI=1S/C22H19N3O3/c26-21(14-25-19-8-4-5-9-20(19)28-15-22(25)27)24-18-12-10-17(11-13-18)23-16-6-2-1-3-7-16/h1-13,23H,14-15H2,(H,24,26). The Labute approximate surface area is 162 Å². The minimum absolute atomic E-state index is 0.0653. The fourth-order valence-corrected chi connectivity index (χ4v) is 3.00. The van der Waals surface area contributed by atoms with E-state index in [1.807, 2.05) is 66.7 Å². The molecule has 1 aliphatic rings. The number of rotatable bonds is 5. The summed E-state index contributed by atoms with van der Waals surface area (Å²) in [6, 6.07) is 24.4. The maximum absolute atomic E-state index is 12.5. The lowest BCUT2D eigenvalue weighted by Crippen LogP contribution is -2.43. The molecule has 2 amide bonds. The zero-order valence-electron chi connectivity index (χ0n) is 15.1. The molecule has 140 valence electrons. The molecule has 0 spiro atoms. The first-order valence-corrected chi connectivity index (χ1v) is 8.93. The average Bonchev–Trinajstić information content (AvgIpc) is 2.72. The van der Waals surface area contributed by atoms with E-state index in [1.165, 1.54) is 4.90 Å². The van der Waals surface area contributed by atoms with Crippen LogP contribution in [0.25, 0.3) is 0 Å². The summed E-state index contributed by atoms with van der Waals surface area (Å²) in [6.45, 7) is -0.132. The number of hydrogen-bond acceptors (Lipinski definition) is 4. The Balaban J connectivity index is 1.39. The van der Waals surface area contributed by atoms with Gasteiger partial charge in [0, 0.05) is 17.1 Å². The molecule has 0 saturated heterocycles. The quantitative estimate of drug-likeness (QED) is 0.714. The van der Waals surface area contributed by atoms with Gasteiger partial charge < -0.3 is 15.4 Å². The Morgan fingerprint density at radius 3 is 2.29 bits per heavy atom. The van der Waals surface area contributed by atoms with Crippen molar-refractivity contribution in [1.82, 2.24) is 0 Å². The van der Waals surface area contributed by atoms with Crippen LogP contribution in [0.5, 0.6) is 5.75 Å². The Hall–Kier alpha value is -3.80. The first kappa shape index (κ1) is 17.6. The predicted octanol–water partition coefficient (Wildman–Crippen LogP) is 3.79. The lowest BCUT2D eigenvalue weighted by molar-refractivity contribution is -0.123. The number of para-hydroxylation sites is 3. The zero-order valence-corrected chi connectivity index (χ0v) is 15.1. The number of amides is 2. The largest absolute Gasteiger partial charge is 0.482 e. The lowest BCUT2D eigenvalue weighted by atomic mass is 10.2. The number of anilines is 4. The molecule has 6 nitrogen and oxygen atoms in total. The number of carbonyl (C=O) groups excluding carboxylic acids is 2. The number of nitrogens with one attached hydrogen (secondary N) is 2. The summed E-state index contributed by atoms with van der Waals surface area (Å²) in [5.74, 6) is 0.0938. The Morgan fingerprint density at radius 2 is 1.50 bits per heavy atom. The Morgan fingerprint density at radius 1 is 0.857 bits per heavy atom. The summed E-state index contributed by atoms with van der Waals surface area (Å²) < 4.78 is 5.40. The van der Waals surface area contributed by atoms with E-state index in [0.717, 1.165) is 11.4 Å². The SMILES string of the molecule is O=C(CN1C(=O)COc2ccccc21)Nc1ccc(Nc2ccccc2)cc1. The highest BCUT2D eigenvalue weighted by Crippen LogP contribution is 2.31.